The van der Waals surface area contributed by atoms with Crippen molar-refractivity contribution in [3.8, 4) is 22.4 Å². The SMILES string of the molecule is Cc1c(-c2ccc(-c3ccc4cncc(C(=O)Nc5nc6ccccc6s5)c4c3)nc2C(=O)O)cnn1CC12CC3(C)CC(C)(C1)CC(OCCN(C)C(=O)OC(C)(C)C)(C3)C2. The van der Waals surface area contributed by atoms with Crippen LogP contribution in [0.15, 0.2) is 73.2 Å². The molecule has 6 aromatic rings. The summed E-state index contributed by atoms with van der Waals surface area (Å²) in [4.78, 5) is 54.4. The second-order valence-corrected chi connectivity index (χ2v) is 20.9. The Bertz CT molecular complexity index is 2720. The fraction of sp³-hybridized carbons (Fsp3) is 0.438. The molecule has 4 saturated carbocycles. The van der Waals surface area contributed by atoms with Crippen LogP contribution in [0.25, 0.3) is 43.4 Å². The lowest BCUT2D eigenvalue weighted by atomic mass is 9.39. The van der Waals surface area contributed by atoms with Gasteiger partial charge in [0.15, 0.2) is 10.8 Å². The lowest BCUT2D eigenvalue weighted by Gasteiger charge is -2.69. The summed E-state index contributed by atoms with van der Waals surface area (Å²) < 4.78 is 15.5. The molecule has 62 heavy (non-hydrogen) atoms. The van der Waals surface area contributed by atoms with E-state index in [1.807, 2.05) is 82.3 Å². The molecule has 4 fully saturated rings. The van der Waals surface area contributed by atoms with Crippen molar-refractivity contribution in [2.45, 2.75) is 97.8 Å². The number of carbonyl (C=O) groups is 3. The van der Waals surface area contributed by atoms with Gasteiger partial charge in [0.1, 0.15) is 5.60 Å². The van der Waals surface area contributed by atoms with E-state index in [1.165, 1.54) is 17.5 Å². The standard InChI is InChI=1S/C48H53N7O6S/c1-29-34(21-50-55(29)28-47-23-45(5)22-46(6,24-47)26-48(25-45,27-47)60-17-16-54(7)43(59)61-44(2,3)4)32-14-15-36(51-39(32)41(57)58)30-12-13-31-19-49-20-35(33(31)18-30)40(56)53-42-52-37-10-8-9-11-38(37)62-42/h8-15,18-21H,16-17,22-28H2,1-7H3,(H,57,58)(H,52,53,56). The Balaban J connectivity index is 0.958. The predicted octanol–water partition coefficient (Wildman–Crippen LogP) is 10.0. The number of thiazole rings is 1. The number of carboxylic acid groups (broad SMARTS) is 1. The summed E-state index contributed by atoms with van der Waals surface area (Å²) in [6, 6.07) is 16.9. The van der Waals surface area contributed by atoms with Gasteiger partial charge in [-0.3, -0.25) is 19.8 Å². The molecule has 0 spiro atoms. The number of aromatic nitrogens is 5. The number of hydrogen-bond acceptors (Lipinski definition) is 10. The smallest absolute Gasteiger partial charge is 0.410 e. The highest BCUT2D eigenvalue weighted by Crippen LogP contribution is 2.72. The number of carbonyl (C=O) groups excluding carboxylic acids is 2. The van der Waals surface area contributed by atoms with Crippen molar-refractivity contribution in [2.75, 3.05) is 25.5 Å². The van der Waals surface area contributed by atoms with Gasteiger partial charge >= 0.3 is 12.1 Å². The van der Waals surface area contributed by atoms with Crippen LogP contribution in [0.3, 0.4) is 0 Å². The number of fused-ring (bicyclic) bond motifs is 2. The van der Waals surface area contributed by atoms with Crippen LogP contribution >= 0.6 is 11.3 Å². The molecule has 4 aromatic heterocycles. The van der Waals surface area contributed by atoms with Crippen LogP contribution in [0.5, 0.6) is 0 Å². The van der Waals surface area contributed by atoms with Crippen molar-refractivity contribution in [1.82, 2.24) is 29.6 Å². The number of pyridine rings is 2. The van der Waals surface area contributed by atoms with Gasteiger partial charge in [-0.2, -0.15) is 5.10 Å². The van der Waals surface area contributed by atoms with Gasteiger partial charge in [0.05, 0.1) is 39.9 Å². The zero-order chi connectivity index (χ0) is 43.8. The first-order valence-corrected chi connectivity index (χ1v) is 22.0. The number of likely N-dealkylation sites (N-methyl/N-ethyl adjacent to an activating group) is 1. The number of carboxylic acids is 1. The quantitative estimate of drug-likeness (QED) is 0.128. The molecule has 4 aliphatic rings. The molecule has 0 aliphatic heterocycles. The third-order valence-corrected chi connectivity index (χ3v) is 13.9. The van der Waals surface area contributed by atoms with Crippen LogP contribution in [0.2, 0.25) is 0 Å². The molecule has 0 saturated heterocycles. The van der Waals surface area contributed by atoms with Gasteiger partial charge in [0.2, 0.25) is 0 Å². The Morgan fingerprint density at radius 3 is 2.40 bits per heavy atom. The van der Waals surface area contributed by atoms with Crippen LogP contribution in [-0.4, -0.2) is 84.1 Å². The highest BCUT2D eigenvalue weighted by Gasteiger charge is 2.66. The molecule has 2 amide bonds. The Labute approximate surface area is 364 Å². The van der Waals surface area contributed by atoms with Crippen molar-refractivity contribution < 1.29 is 29.0 Å². The van der Waals surface area contributed by atoms with E-state index in [9.17, 15) is 19.5 Å². The zero-order valence-corrected chi connectivity index (χ0v) is 37.2. The van der Waals surface area contributed by atoms with E-state index >= 15 is 0 Å². The van der Waals surface area contributed by atoms with Gasteiger partial charge in [0.25, 0.3) is 5.91 Å². The average Bonchev–Trinajstić information content (AvgIpc) is 3.76. The monoisotopic (exact) mass is 855 g/mol. The molecule has 10 rings (SSSR count). The molecule has 2 unspecified atom stereocenters. The molecule has 2 N–H and O–H groups in total. The largest absolute Gasteiger partial charge is 0.476 e. The van der Waals surface area contributed by atoms with E-state index < -0.39 is 11.6 Å². The first-order valence-electron chi connectivity index (χ1n) is 21.2. The molecule has 4 aliphatic carbocycles. The number of hydrogen-bond donors (Lipinski definition) is 2. The van der Waals surface area contributed by atoms with Gasteiger partial charge in [-0.25, -0.2) is 19.6 Å². The van der Waals surface area contributed by atoms with E-state index in [0.29, 0.717) is 52.6 Å². The van der Waals surface area contributed by atoms with Gasteiger partial charge in [-0.1, -0.05) is 49.4 Å². The molecule has 13 nitrogen and oxygen atoms in total. The summed E-state index contributed by atoms with van der Waals surface area (Å²) in [5.41, 5.74) is 3.62. The summed E-state index contributed by atoms with van der Waals surface area (Å²) >= 11 is 1.40. The number of anilines is 1. The van der Waals surface area contributed by atoms with Crippen molar-refractivity contribution in [3.05, 3.63) is 90.1 Å². The van der Waals surface area contributed by atoms with E-state index in [2.05, 4.69) is 33.8 Å². The van der Waals surface area contributed by atoms with E-state index in [4.69, 9.17) is 19.6 Å². The van der Waals surface area contributed by atoms with Crippen LogP contribution in [0, 0.1) is 23.2 Å². The van der Waals surface area contributed by atoms with Crippen molar-refractivity contribution >= 4 is 55.4 Å². The summed E-state index contributed by atoms with van der Waals surface area (Å²) in [7, 11) is 1.75. The van der Waals surface area contributed by atoms with Gasteiger partial charge in [-0.15, -0.1) is 0 Å². The molecular formula is C48H53N7O6S. The molecule has 322 valence electrons. The lowest BCUT2D eigenvalue weighted by Crippen LogP contribution is -2.64. The third-order valence-electron chi connectivity index (χ3n) is 13.0. The number of benzene rings is 2. The molecule has 14 heteroatoms. The fourth-order valence-corrected chi connectivity index (χ4v) is 12.6. The van der Waals surface area contributed by atoms with E-state index in [0.717, 1.165) is 65.4 Å². The number of nitrogens with zero attached hydrogens (tertiary/aromatic N) is 6. The molecule has 0 radical (unpaired) electrons. The predicted molar refractivity (Wildman–Crippen MR) is 239 cm³/mol. The van der Waals surface area contributed by atoms with Gasteiger partial charge in [0, 0.05) is 60.3 Å². The number of ether oxygens (including phenoxy) is 2. The van der Waals surface area contributed by atoms with E-state index in [1.54, 1.807) is 24.3 Å². The molecule has 4 heterocycles. The van der Waals surface area contributed by atoms with Crippen LogP contribution in [0.4, 0.5) is 9.93 Å². The summed E-state index contributed by atoms with van der Waals surface area (Å²) in [6.07, 6.45) is 10.8. The highest BCUT2D eigenvalue weighted by molar-refractivity contribution is 7.22. The number of aromatic carboxylic acids is 1. The number of para-hydroxylation sites is 1. The second kappa shape index (κ2) is 15.0. The van der Waals surface area contributed by atoms with Gasteiger partial charge < -0.3 is 19.5 Å². The van der Waals surface area contributed by atoms with Crippen LogP contribution in [-0.2, 0) is 16.0 Å². The Kier molecular flexibility index (Phi) is 10.0. The number of rotatable bonds is 11. The summed E-state index contributed by atoms with van der Waals surface area (Å²) in [6.45, 7) is 14.0. The number of nitrogens with one attached hydrogen (secondary N) is 1. The van der Waals surface area contributed by atoms with E-state index in [-0.39, 0.29) is 39.5 Å². The van der Waals surface area contributed by atoms with Crippen molar-refractivity contribution in [2.24, 2.45) is 16.2 Å². The molecule has 2 aromatic carbocycles. The Hall–Kier alpha value is -5.73. The first-order chi connectivity index (χ1) is 29.3. The highest BCUT2D eigenvalue weighted by atomic mass is 32.1. The minimum Gasteiger partial charge on any atom is -0.476 e. The van der Waals surface area contributed by atoms with Crippen molar-refractivity contribution in [1.29, 1.82) is 0 Å². The average molecular weight is 856 g/mol. The molecule has 2 atom stereocenters. The van der Waals surface area contributed by atoms with Gasteiger partial charge in [-0.05, 0) is 118 Å². The minimum absolute atomic E-state index is 0.0587. The second-order valence-electron chi connectivity index (χ2n) is 19.9. The lowest BCUT2D eigenvalue weighted by molar-refractivity contribution is -0.248. The maximum absolute atomic E-state index is 13.6. The third kappa shape index (κ3) is 7.94. The minimum atomic E-state index is -1.15. The van der Waals surface area contributed by atoms with Crippen LogP contribution in [0.1, 0.15) is 99.7 Å². The Morgan fingerprint density at radius 1 is 0.919 bits per heavy atom. The molecular weight excluding hydrogens is 803 g/mol. The first kappa shape index (κ1) is 41.6. The zero-order valence-electron chi connectivity index (χ0n) is 36.4. The van der Waals surface area contributed by atoms with Crippen LogP contribution < -0.4 is 5.32 Å². The topological polar surface area (TPSA) is 162 Å². The molecule has 4 bridgehead atoms. The normalized spacial score (nSPS) is 24.1. The maximum atomic E-state index is 13.6. The summed E-state index contributed by atoms with van der Waals surface area (Å²) in [5.74, 6) is -1.49. The van der Waals surface area contributed by atoms with Crippen molar-refractivity contribution in [3.63, 3.8) is 0 Å². The fourth-order valence-electron chi connectivity index (χ4n) is 11.8. The Morgan fingerprint density at radius 2 is 1.68 bits per heavy atom. The number of amides is 2. The summed E-state index contributed by atoms with van der Waals surface area (Å²) in [5, 5.41) is 20.3. The maximum Gasteiger partial charge on any atom is 0.410 e.